The molecule has 1 aliphatic rings. The number of benzene rings is 1. The number of ether oxygens (including phenoxy) is 1. The van der Waals surface area contributed by atoms with Gasteiger partial charge in [0.2, 0.25) is 5.91 Å². The van der Waals surface area contributed by atoms with Gasteiger partial charge < -0.3 is 20.3 Å². The van der Waals surface area contributed by atoms with Gasteiger partial charge in [-0.15, -0.1) is 13.2 Å². The molecule has 0 saturated carbocycles. The van der Waals surface area contributed by atoms with Gasteiger partial charge in [0.05, 0.1) is 6.04 Å². The van der Waals surface area contributed by atoms with E-state index in [0.717, 1.165) is 12.1 Å². The van der Waals surface area contributed by atoms with Crippen molar-refractivity contribution in [3.63, 3.8) is 0 Å². The quantitative estimate of drug-likeness (QED) is 0.860. The van der Waals surface area contributed by atoms with E-state index in [1.807, 2.05) is 20.8 Å². The third-order valence-electron chi connectivity index (χ3n) is 4.54. The van der Waals surface area contributed by atoms with E-state index >= 15 is 0 Å². The Bertz CT molecular complexity index is 677. The number of amides is 2. The number of nitrogens with zero attached hydrogens (tertiary/aromatic N) is 2. The summed E-state index contributed by atoms with van der Waals surface area (Å²) in [5.41, 5.74) is 6.18. The molecule has 150 valence electrons. The molecule has 6 nitrogen and oxygen atoms in total. The average Bonchev–Trinajstić information content (AvgIpc) is 2.59. The Morgan fingerprint density at radius 3 is 2.26 bits per heavy atom. The van der Waals surface area contributed by atoms with E-state index in [0.29, 0.717) is 19.6 Å². The summed E-state index contributed by atoms with van der Waals surface area (Å²) in [5.74, 6) is -0.811. The highest BCUT2D eigenvalue weighted by Crippen LogP contribution is 2.23. The molecule has 1 fully saturated rings. The van der Waals surface area contributed by atoms with Crippen LogP contribution in [0.3, 0.4) is 0 Å². The number of piperazine rings is 1. The highest BCUT2D eigenvalue weighted by molar-refractivity contribution is 5.94. The first kappa shape index (κ1) is 21.0. The molecule has 1 saturated heterocycles. The predicted molar refractivity (Wildman–Crippen MR) is 93.0 cm³/mol. The van der Waals surface area contributed by atoms with Crippen molar-refractivity contribution in [3.8, 4) is 5.75 Å². The van der Waals surface area contributed by atoms with E-state index in [1.54, 1.807) is 9.80 Å². The van der Waals surface area contributed by atoms with Gasteiger partial charge in [-0.25, -0.2) is 0 Å². The number of rotatable bonds is 4. The summed E-state index contributed by atoms with van der Waals surface area (Å²) < 4.78 is 40.4. The second-order valence-corrected chi connectivity index (χ2v) is 6.97. The summed E-state index contributed by atoms with van der Waals surface area (Å²) >= 11 is 0. The van der Waals surface area contributed by atoms with Crippen LogP contribution in [-0.4, -0.2) is 59.7 Å². The summed E-state index contributed by atoms with van der Waals surface area (Å²) in [6, 6.07) is 3.98. The first-order valence-electron chi connectivity index (χ1n) is 8.70. The van der Waals surface area contributed by atoms with Crippen molar-refractivity contribution in [2.45, 2.75) is 39.2 Å². The van der Waals surface area contributed by atoms with Gasteiger partial charge in [0.1, 0.15) is 5.75 Å². The van der Waals surface area contributed by atoms with Crippen LogP contribution in [0.1, 0.15) is 31.1 Å². The number of alkyl halides is 3. The van der Waals surface area contributed by atoms with Crippen molar-refractivity contribution in [2.75, 3.05) is 19.6 Å². The van der Waals surface area contributed by atoms with Gasteiger partial charge in [-0.3, -0.25) is 9.59 Å². The molecule has 1 aromatic rings. The minimum Gasteiger partial charge on any atom is -0.406 e. The summed E-state index contributed by atoms with van der Waals surface area (Å²) in [7, 11) is 0. The predicted octanol–water partition coefficient (Wildman–Crippen LogP) is 2.24. The molecule has 2 amide bonds. The smallest absolute Gasteiger partial charge is 0.406 e. The Balaban J connectivity index is 2.01. The monoisotopic (exact) mass is 387 g/mol. The number of hydrogen-bond donors (Lipinski definition) is 1. The van der Waals surface area contributed by atoms with E-state index in [9.17, 15) is 22.8 Å². The van der Waals surface area contributed by atoms with Gasteiger partial charge in [0.25, 0.3) is 5.91 Å². The Labute approximate surface area is 156 Å². The van der Waals surface area contributed by atoms with Crippen molar-refractivity contribution < 1.29 is 27.5 Å². The molecule has 1 aliphatic heterocycles. The van der Waals surface area contributed by atoms with Gasteiger partial charge in [-0.1, -0.05) is 13.8 Å². The van der Waals surface area contributed by atoms with Crippen LogP contribution in [0.15, 0.2) is 24.3 Å². The van der Waals surface area contributed by atoms with Crippen molar-refractivity contribution in [2.24, 2.45) is 11.7 Å². The third kappa shape index (κ3) is 5.35. The molecule has 0 spiro atoms. The molecule has 9 heteroatoms. The largest absolute Gasteiger partial charge is 0.573 e. The van der Waals surface area contributed by atoms with E-state index in [4.69, 9.17) is 5.73 Å². The molecule has 0 unspecified atom stereocenters. The van der Waals surface area contributed by atoms with Gasteiger partial charge in [0, 0.05) is 31.2 Å². The SMILES string of the molecule is CC(C)[C@H](N)C(=O)N1CCN(C(=O)c2ccc(OC(F)(F)F)cc2)[C@@H](C)C1. The molecule has 0 aromatic heterocycles. The molecule has 2 N–H and O–H groups in total. The van der Waals surface area contributed by atoms with Crippen LogP contribution in [0.5, 0.6) is 5.75 Å². The Morgan fingerprint density at radius 2 is 1.78 bits per heavy atom. The molecule has 0 radical (unpaired) electrons. The maximum Gasteiger partial charge on any atom is 0.573 e. The Kier molecular flexibility index (Phi) is 6.35. The highest BCUT2D eigenvalue weighted by atomic mass is 19.4. The number of hydrogen-bond acceptors (Lipinski definition) is 4. The number of carbonyl (C=O) groups is 2. The van der Waals surface area contributed by atoms with E-state index in [-0.39, 0.29) is 35.1 Å². The average molecular weight is 387 g/mol. The van der Waals surface area contributed by atoms with E-state index < -0.39 is 12.4 Å². The van der Waals surface area contributed by atoms with Crippen LogP contribution >= 0.6 is 0 Å². The summed E-state index contributed by atoms with van der Waals surface area (Å²) in [6.07, 6.45) is -4.78. The van der Waals surface area contributed by atoms with Crippen molar-refractivity contribution >= 4 is 11.8 Å². The molecule has 1 aromatic carbocycles. The lowest BCUT2D eigenvalue weighted by Crippen LogP contribution is -2.58. The van der Waals surface area contributed by atoms with Crippen LogP contribution in [0.4, 0.5) is 13.2 Å². The van der Waals surface area contributed by atoms with Crippen molar-refractivity contribution in [1.82, 2.24) is 9.80 Å². The highest BCUT2D eigenvalue weighted by Gasteiger charge is 2.33. The van der Waals surface area contributed by atoms with Gasteiger partial charge in [-0.05, 0) is 37.1 Å². The molecule has 0 bridgehead atoms. The molecule has 2 atom stereocenters. The minimum atomic E-state index is -4.78. The zero-order valence-electron chi connectivity index (χ0n) is 15.5. The first-order valence-corrected chi connectivity index (χ1v) is 8.70. The number of carbonyl (C=O) groups excluding carboxylic acids is 2. The molecular formula is C18H24F3N3O3. The molecule has 27 heavy (non-hydrogen) atoms. The summed E-state index contributed by atoms with van der Waals surface area (Å²) in [6.45, 7) is 6.62. The lowest BCUT2D eigenvalue weighted by molar-refractivity contribution is -0.274. The summed E-state index contributed by atoms with van der Waals surface area (Å²) in [4.78, 5) is 28.3. The van der Waals surface area contributed by atoms with Crippen LogP contribution in [0, 0.1) is 5.92 Å². The topological polar surface area (TPSA) is 75.9 Å². The second kappa shape index (κ2) is 8.16. The first-order chi connectivity index (χ1) is 12.5. The fraction of sp³-hybridized carbons (Fsp3) is 0.556. The summed E-state index contributed by atoms with van der Waals surface area (Å²) in [5, 5.41) is 0. The number of nitrogens with two attached hydrogens (primary N) is 1. The zero-order chi connectivity index (χ0) is 20.4. The standard InChI is InChI=1S/C18H24F3N3O3/c1-11(2)15(22)17(26)23-8-9-24(12(3)10-23)16(25)13-4-6-14(7-5-13)27-18(19,20)21/h4-7,11-12,15H,8-10,22H2,1-3H3/t12-,15-/m0/s1. The molecule has 2 rings (SSSR count). The van der Waals surface area contributed by atoms with Gasteiger partial charge in [0.15, 0.2) is 0 Å². The Hall–Kier alpha value is -2.29. The normalized spacial score (nSPS) is 19.2. The van der Waals surface area contributed by atoms with Crippen LogP contribution in [0.25, 0.3) is 0 Å². The third-order valence-corrected chi connectivity index (χ3v) is 4.54. The maximum atomic E-state index is 12.7. The maximum absolute atomic E-state index is 12.7. The van der Waals surface area contributed by atoms with Crippen LogP contribution in [0.2, 0.25) is 0 Å². The lowest BCUT2D eigenvalue weighted by atomic mass is 10.0. The second-order valence-electron chi connectivity index (χ2n) is 6.97. The molecule has 1 heterocycles. The minimum absolute atomic E-state index is 0.0184. The van der Waals surface area contributed by atoms with Gasteiger partial charge >= 0.3 is 6.36 Å². The Morgan fingerprint density at radius 1 is 1.19 bits per heavy atom. The van der Waals surface area contributed by atoms with Crippen molar-refractivity contribution in [1.29, 1.82) is 0 Å². The lowest BCUT2D eigenvalue weighted by Gasteiger charge is -2.41. The van der Waals surface area contributed by atoms with Crippen molar-refractivity contribution in [3.05, 3.63) is 29.8 Å². The van der Waals surface area contributed by atoms with E-state index in [1.165, 1.54) is 12.1 Å². The fourth-order valence-corrected chi connectivity index (χ4v) is 2.92. The molecule has 0 aliphatic carbocycles. The van der Waals surface area contributed by atoms with Gasteiger partial charge in [-0.2, -0.15) is 0 Å². The van der Waals surface area contributed by atoms with Crippen LogP contribution < -0.4 is 10.5 Å². The van der Waals surface area contributed by atoms with Crippen LogP contribution in [-0.2, 0) is 4.79 Å². The van der Waals surface area contributed by atoms with E-state index in [2.05, 4.69) is 4.74 Å². The molecular weight excluding hydrogens is 363 g/mol. The fourth-order valence-electron chi connectivity index (χ4n) is 2.92. The number of halogens is 3. The zero-order valence-corrected chi connectivity index (χ0v) is 15.5.